The summed E-state index contributed by atoms with van der Waals surface area (Å²) < 4.78 is 1.96. The molecule has 204 valence electrons. The molecule has 0 aliphatic heterocycles. The highest BCUT2D eigenvalue weighted by atomic mass is 15.1. The van der Waals surface area contributed by atoms with Crippen LogP contribution in [0.15, 0.2) is 146 Å². The number of benzene rings is 6. The van der Waals surface area contributed by atoms with Crippen molar-refractivity contribution in [3.63, 3.8) is 0 Å². The van der Waals surface area contributed by atoms with E-state index in [1.165, 1.54) is 16.3 Å². The van der Waals surface area contributed by atoms with Gasteiger partial charge >= 0.3 is 0 Å². The molecule has 0 bridgehead atoms. The van der Waals surface area contributed by atoms with Crippen molar-refractivity contribution < 1.29 is 0 Å². The number of imidazole rings is 1. The number of pyridine rings is 1. The molecule has 3 nitrogen and oxygen atoms in total. The molecule has 0 saturated carbocycles. The van der Waals surface area contributed by atoms with E-state index in [2.05, 4.69) is 97.1 Å². The summed E-state index contributed by atoms with van der Waals surface area (Å²) in [6, 6.07) is 48.1. The average Bonchev–Trinajstić information content (AvgIpc) is 3.48. The molecule has 45 heavy (non-hydrogen) atoms. The van der Waals surface area contributed by atoms with Crippen LogP contribution in [0.5, 0.6) is 0 Å². The van der Waals surface area contributed by atoms with Gasteiger partial charge in [0.05, 0.1) is 46.1 Å². The van der Waals surface area contributed by atoms with E-state index < -0.39 is 5.11 Å². The van der Waals surface area contributed by atoms with E-state index in [1.54, 1.807) is 0 Å². The Balaban J connectivity index is 1.42. The van der Waals surface area contributed by atoms with Crippen molar-refractivity contribution in [2.45, 2.75) is 5.11 Å². The van der Waals surface area contributed by atoms with Gasteiger partial charge in [-0.2, -0.15) is 0 Å². The Morgan fingerprint density at radius 2 is 1.13 bits per heavy atom. The molecule has 2 heterocycles. The molecule has 0 spiro atoms. The lowest BCUT2D eigenvalue weighted by Gasteiger charge is -2.22. The summed E-state index contributed by atoms with van der Waals surface area (Å²) >= 11 is 0. The molecule has 0 unspecified atom stereocenters. The van der Waals surface area contributed by atoms with Crippen molar-refractivity contribution in [3.8, 4) is 39.2 Å². The Morgan fingerprint density at radius 1 is 0.533 bits per heavy atom. The molecular formula is C39H24B3N3. The van der Waals surface area contributed by atoms with Gasteiger partial charge in [0.25, 0.3) is 0 Å². The lowest BCUT2D eigenvalue weighted by molar-refractivity contribution is 0.930. The van der Waals surface area contributed by atoms with Crippen molar-refractivity contribution in [2.75, 3.05) is 0 Å². The predicted octanol–water partition coefficient (Wildman–Crippen LogP) is 8.34. The minimum atomic E-state index is -1.63. The summed E-state index contributed by atoms with van der Waals surface area (Å²) in [5.41, 5.74) is 9.10. The molecule has 0 amide bonds. The number of para-hydroxylation sites is 2. The van der Waals surface area contributed by atoms with E-state index in [4.69, 9.17) is 33.5 Å². The molecule has 0 saturated heterocycles. The van der Waals surface area contributed by atoms with Crippen LogP contribution in [-0.2, 0) is 5.11 Å². The van der Waals surface area contributed by atoms with Crippen molar-refractivity contribution in [2.24, 2.45) is 0 Å². The van der Waals surface area contributed by atoms with E-state index in [0.29, 0.717) is 5.82 Å². The molecule has 8 rings (SSSR count). The SMILES string of the molecule is [B]C([B])([B])c1nc2ccccc2n1-c1cccc(-c2c3ccccc3c(-c3ccccc3-c3ccccn3)c3ccccc23)c1. The van der Waals surface area contributed by atoms with Gasteiger partial charge in [-0.15, -0.1) is 0 Å². The van der Waals surface area contributed by atoms with Crippen LogP contribution in [0.25, 0.3) is 71.8 Å². The monoisotopic (exact) mass is 567 g/mol. The number of fused-ring (bicyclic) bond motifs is 3. The fourth-order valence-electron chi connectivity index (χ4n) is 6.55. The minimum absolute atomic E-state index is 0.386. The van der Waals surface area contributed by atoms with Gasteiger partial charge in [0.15, 0.2) is 0 Å². The third kappa shape index (κ3) is 4.57. The predicted molar refractivity (Wildman–Crippen MR) is 189 cm³/mol. The summed E-state index contributed by atoms with van der Waals surface area (Å²) in [6.07, 6.45) is 1.84. The first kappa shape index (κ1) is 27.2. The highest BCUT2D eigenvalue weighted by Crippen LogP contribution is 2.46. The summed E-state index contributed by atoms with van der Waals surface area (Å²) in [6.45, 7) is 0. The Bertz CT molecular complexity index is 2320. The molecule has 0 aliphatic rings. The van der Waals surface area contributed by atoms with E-state index >= 15 is 0 Å². The van der Waals surface area contributed by atoms with Gasteiger partial charge < -0.3 is 0 Å². The summed E-state index contributed by atoms with van der Waals surface area (Å²) in [5.74, 6) is 0.386. The molecule has 2 aromatic heterocycles. The maximum atomic E-state index is 6.25. The number of aromatic nitrogens is 3. The molecule has 6 heteroatoms. The van der Waals surface area contributed by atoms with Crippen molar-refractivity contribution >= 4 is 56.1 Å². The van der Waals surface area contributed by atoms with Crippen LogP contribution < -0.4 is 0 Å². The zero-order valence-electron chi connectivity index (χ0n) is 24.4. The number of rotatable bonds is 5. The smallest absolute Gasteiger partial charge is 0.0951 e. The molecule has 0 N–H and O–H groups in total. The maximum absolute atomic E-state index is 6.25. The van der Waals surface area contributed by atoms with Crippen molar-refractivity contribution in [3.05, 3.63) is 152 Å². The molecular weight excluding hydrogens is 543 g/mol. The highest BCUT2D eigenvalue weighted by molar-refractivity contribution is 6.58. The van der Waals surface area contributed by atoms with Gasteiger partial charge in [-0.3, -0.25) is 9.55 Å². The summed E-state index contributed by atoms with van der Waals surface area (Å²) in [4.78, 5) is 9.43. The summed E-state index contributed by atoms with van der Waals surface area (Å²) in [7, 11) is 18.8. The van der Waals surface area contributed by atoms with Crippen LogP contribution in [0.1, 0.15) is 5.82 Å². The Kier molecular flexibility index (Phi) is 6.46. The van der Waals surface area contributed by atoms with Gasteiger partial charge in [-0.25, -0.2) is 4.98 Å². The van der Waals surface area contributed by atoms with Crippen LogP contribution >= 0.6 is 0 Å². The molecule has 6 radical (unpaired) electrons. The third-order valence-corrected chi connectivity index (χ3v) is 8.41. The van der Waals surface area contributed by atoms with Crippen LogP contribution in [-0.4, -0.2) is 38.1 Å². The Hall–Kier alpha value is -5.35. The van der Waals surface area contributed by atoms with Gasteiger partial charge in [0.2, 0.25) is 0 Å². The molecule has 0 fully saturated rings. The number of hydrogen-bond donors (Lipinski definition) is 0. The Morgan fingerprint density at radius 3 is 1.80 bits per heavy atom. The topological polar surface area (TPSA) is 30.7 Å². The van der Waals surface area contributed by atoms with Crippen LogP contribution in [0.2, 0.25) is 0 Å². The normalized spacial score (nSPS) is 11.8. The summed E-state index contributed by atoms with van der Waals surface area (Å²) in [5, 5.41) is 3.01. The molecule has 0 atom stereocenters. The van der Waals surface area contributed by atoms with Gasteiger partial charge in [-0.1, -0.05) is 108 Å². The Labute approximate surface area is 265 Å². The highest BCUT2D eigenvalue weighted by Gasteiger charge is 2.24. The molecule has 6 aromatic carbocycles. The first-order valence-electron chi connectivity index (χ1n) is 14.9. The van der Waals surface area contributed by atoms with Crippen LogP contribution in [0.3, 0.4) is 0 Å². The molecule has 0 aliphatic carbocycles. The van der Waals surface area contributed by atoms with Gasteiger partial charge in [0, 0.05) is 17.4 Å². The molecule has 8 aromatic rings. The second kappa shape index (κ2) is 10.7. The van der Waals surface area contributed by atoms with Gasteiger partial charge in [0.1, 0.15) is 0 Å². The van der Waals surface area contributed by atoms with Gasteiger partial charge in [-0.05, 0) is 80.2 Å². The average molecular weight is 567 g/mol. The quantitative estimate of drug-likeness (QED) is 0.155. The minimum Gasteiger partial charge on any atom is -0.298 e. The largest absolute Gasteiger partial charge is 0.298 e. The van der Waals surface area contributed by atoms with E-state index in [-0.39, 0.29) is 0 Å². The standard InChI is InChI=1S/C39H24B3N3/c40-39(41,42)38-44-34-21-7-8-22-35(34)45(38)26-13-11-12-25(24-26)36-29-16-3-5-18-31(29)37(32-19-6-4-17-30(32)36)28-15-2-1-14-27(28)33-20-9-10-23-43-33/h1-24H. The second-order valence-electron chi connectivity index (χ2n) is 11.3. The zero-order chi connectivity index (χ0) is 30.5. The van der Waals surface area contributed by atoms with E-state index in [0.717, 1.165) is 55.4 Å². The number of nitrogens with zero attached hydrogens (tertiary/aromatic N) is 3. The lowest BCUT2D eigenvalue weighted by atomic mass is 9.42. The fraction of sp³-hybridized carbons (Fsp3) is 0.0256. The van der Waals surface area contributed by atoms with Crippen LogP contribution in [0.4, 0.5) is 0 Å². The third-order valence-electron chi connectivity index (χ3n) is 8.41. The van der Waals surface area contributed by atoms with E-state index in [9.17, 15) is 0 Å². The van der Waals surface area contributed by atoms with Crippen molar-refractivity contribution in [1.82, 2.24) is 14.5 Å². The van der Waals surface area contributed by atoms with E-state index in [1.807, 2.05) is 53.2 Å². The van der Waals surface area contributed by atoms with Crippen LogP contribution in [0, 0.1) is 0 Å². The first-order valence-corrected chi connectivity index (χ1v) is 14.9. The van der Waals surface area contributed by atoms with Crippen molar-refractivity contribution in [1.29, 1.82) is 0 Å². The zero-order valence-corrected chi connectivity index (χ0v) is 24.4. The fourth-order valence-corrected chi connectivity index (χ4v) is 6.55. The lowest BCUT2D eigenvalue weighted by Crippen LogP contribution is -2.31. The maximum Gasteiger partial charge on any atom is 0.0951 e. The second-order valence-corrected chi connectivity index (χ2v) is 11.3. The number of hydrogen-bond acceptors (Lipinski definition) is 2. The first-order chi connectivity index (χ1) is 22.0.